The van der Waals surface area contributed by atoms with Gasteiger partial charge in [0.1, 0.15) is 10.7 Å². The average Bonchev–Trinajstić information content (AvgIpc) is 2.96. The second-order valence-electron chi connectivity index (χ2n) is 4.28. The molecule has 1 aliphatic heterocycles. The molecule has 1 aromatic rings. The molecular weight excluding hydrogens is 292 g/mol. The van der Waals surface area contributed by atoms with Crippen molar-refractivity contribution >= 4 is 27.4 Å². The summed E-state index contributed by atoms with van der Waals surface area (Å²) in [4.78, 5) is 18.5. The molecule has 0 radical (unpaired) electrons. The van der Waals surface area contributed by atoms with Crippen molar-refractivity contribution in [2.24, 2.45) is 0 Å². The van der Waals surface area contributed by atoms with Crippen LogP contribution in [0.2, 0.25) is 0 Å². The molecule has 1 fully saturated rings. The van der Waals surface area contributed by atoms with Crippen LogP contribution in [0.3, 0.4) is 0 Å². The van der Waals surface area contributed by atoms with E-state index in [0.717, 1.165) is 31.3 Å². The molecule has 21 heavy (non-hydrogen) atoms. The summed E-state index contributed by atoms with van der Waals surface area (Å²) < 4.78 is 5.32. The van der Waals surface area contributed by atoms with Gasteiger partial charge in [-0.05, 0) is 0 Å². The van der Waals surface area contributed by atoms with E-state index in [1.54, 1.807) is 26.5 Å². The van der Waals surface area contributed by atoms with Gasteiger partial charge in [-0.3, -0.25) is 10.1 Å². The highest BCUT2D eigenvalue weighted by Crippen LogP contribution is 2.27. The number of carbonyl (C=O) groups is 1. The number of hydrogen-bond donors (Lipinski definition) is 4. The van der Waals surface area contributed by atoms with E-state index >= 15 is 0 Å². The number of anilines is 2. The first-order valence-corrected chi connectivity index (χ1v) is 7.46. The number of rotatable bonds is 6. The highest BCUT2D eigenvalue weighted by atomic mass is 32.1. The third-order valence-electron chi connectivity index (χ3n) is 2.83. The van der Waals surface area contributed by atoms with Crippen molar-refractivity contribution < 1.29 is 9.53 Å². The Kier molecular flexibility index (Phi) is 5.78. The minimum absolute atomic E-state index is 0.262. The minimum Gasteiger partial charge on any atom is -0.392 e. The molecule has 0 bridgehead atoms. The number of ether oxygens (including phenoxy) is 1. The maximum Gasteiger partial charge on any atom is 0.276 e. The largest absolute Gasteiger partial charge is 0.392 e. The van der Waals surface area contributed by atoms with Gasteiger partial charge >= 0.3 is 0 Å². The van der Waals surface area contributed by atoms with Crippen molar-refractivity contribution in [1.29, 1.82) is 0 Å². The van der Waals surface area contributed by atoms with Gasteiger partial charge in [0, 0.05) is 33.4 Å². The van der Waals surface area contributed by atoms with Gasteiger partial charge in [-0.25, -0.2) is 10.4 Å². The summed E-state index contributed by atoms with van der Waals surface area (Å²) in [6.07, 6.45) is 3.35. The smallest absolute Gasteiger partial charge is 0.276 e. The Morgan fingerprint density at radius 3 is 2.86 bits per heavy atom. The zero-order valence-corrected chi connectivity index (χ0v) is 12.9. The molecule has 1 saturated heterocycles. The molecule has 0 aromatic carbocycles. The van der Waals surface area contributed by atoms with Gasteiger partial charge in [-0.1, -0.05) is 11.3 Å². The van der Waals surface area contributed by atoms with E-state index in [2.05, 4.69) is 31.4 Å². The molecule has 8 nitrogen and oxygen atoms in total. The number of thiazole rings is 1. The number of morpholine rings is 1. The molecule has 9 heteroatoms. The Bertz CT molecular complexity index is 498. The molecule has 1 aromatic heterocycles. The predicted octanol–water partition coefficient (Wildman–Crippen LogP) is -0.297. The maximum atomic E-state index is 12.1. The zero-order valence-electron chi connectivity index (χ0n) is 12.1. The fraction of sp³-hybridized carbons (Fsp3) is 0.500. The van der Waals surface area contributed by atoms with Crippen LogP contribution < -0.4 is 26.4 Å². The Hall–Kier alpha value is -1.84. The molecule has 0 saturated carbocycles. The van der Waals surface area contributed by atoms with E-state index in [9.17, 15) is 4.79 Å². The normalized spacial score (nSPS) is 15.7. The monoisotopic (exact) mass is 312 g/mol. The lowest BCUT2D eigenvalue weighted by Gasteiger charge is -2.26. The molecule has 0 unspecified atom stereocenters. The first kappa shape index (κ1) is 15.5. The van der Waals surface area contributed by atoms with Crippen LogP contribution in [0.15, 0.2) is 18.1 Å². The maximum absolute atomic E-state index is 12.1. The highest BCUT2D eigenvalue weighted by Gasteiger charge is 2.16. The van der Waals surface area contributed by atoms with Gasteiger partial charge in [0.15, 0.2) is 5.13 Å². The number of nitrogens with zero attached hydrogens (tertiary/aromatic N) is 2. The summed E-state index contributed by atoms with van der Waals surface area (Å²) in [6.45, 7) is 3.14. The van der Waals surface area contributed by atoms with Gasteiger partial charge in [0.25, 0.3) is 5.91 Å². The van der Waals surface area contributed by atoms with E-state index in [1.807, 2.05) is 0 Å². The third kappa shape index (κ3) is 4.31. The number of hydrazine groups is 1. The molecular formula is C12H20N6O2S. The zero-order chi connectivity index (χ0) is 15.1. The van der Waals surface area contributed by atoms with Crippen LogP contribution in [0.1, 0.15) is 0 Å². The van der Waals surface area contributed by atoms with Gasteiger partial charge in [0.2, 0.25) is 0 Å². The summed E-state index contributed by atoms with van der Waals surface area (Å²) in [5.41, 5.74) is 5.86. The van der Waals surface area contributed by atoms with Crippen molar-refractivity contribution in [2.45, 2.75) is 0 Å². The molecule has 1 aliphatic rings. The number of amides is 1. The van der Waals surface area contributed by atoms with E-state index in [-0.39, 0.29) is 5.91 Å². The number of hydrogen-bond acceptors (Lipinski definition) is 8. The highest BCUT2D eigenvalue weighted by molar-refractivity contribution is 7.19. The second kappa shape index (κ2) is 7.81. The minimum atomic E-state index is -0.262. The standard InChI is InChI=1S/C12H20N6O2S/c1-13-7-9(17-14-2)11(19)16-12-15-8-10(21-12)18-3-5-20-6-4-18/h7-8,13-14,17H,3-6H2,1-2H3,(H,15,16,19)/b9-7-. The van der Waals surface area contributed by atoms with Crippen LogP contribution >= 0.6 is 11.3 Å². The van der Waals surface area contributed by atoms with E-state index in [0.29, 0.717) is 10.8 Å². The molecule has 116 valence electrons. The number of nitrogens with one attached hydrogen (secondary N) is 4. The molecule has 0 aliphatic carbocycles. The van der Waals surface area contributed by atoms with Crippen LogP contribution in [0.5, 0.6) is 0 Å². The lowest BCUT2D eigenvalue weighted by molar-refractivity contribution is -0.113. The van der Waals surface area contributed by atoms with Crippen molar-refractivity contribution in [1.82, 2.24) is 21.2 Å². The Labute approximate surface area is 127 Å². The second-order valence-corrected chi connectivity index (χ2v) is 5.29. The van der Waals surface area contributed by atoms with Crippen LogP contribution in [-0.2, 0) is 9.53 Å². The summed E-state index contributed by atoms with van der Waals surface area (Å²) in [7, 11) is 3.42. The fourth-order valence-electron chi connectivity index (χ4n) is 1.86. The van der Waals surface area contributed by atoms with Crippen molar-refractivity contribution in [3.63, 3.8) is 0 Å². The molecule has 4 N–H and O–H groups in total. The summed E-state index contributed by atoms with van der Waals surface area (Å²) >= 11 is 1.45. The van der Waals surface area contributed by atoms with Gasteiger partial charge in [-0.2, -0.15) is 0 Å². The van der Waals surface area contributed by atoms with E-state index < -0.39 is 0 Å². The number of aromatic nitrogens is 1. The average molecular weight is 312 g/mol. The first-order valence-electron chi connectivity index (χ1n) is 6.64. The van der Waals surface area contributed by atoms with Crippen LogP contribution in [0.4, 0.5) is 10.1 Å². The van der Waals surface area contributed by atoms with E-state index in [4.69, 9.17) is 4.74 Å². The fourth-order valence-corrected chi connectivity index (χ4v) is 2.72. The third-order valence-corrected chi connectivity index (χ3v) is 3.80. The van der Waals surface area contributed by atoms with E-state index in [1.165, 1.54) is 11.3 Å². The predicted molar refractivity (Wildman–Crippen MR) is 83.1 cm³/mol. The summed E-state index contributed by atoms with van der Waals surface area (Å²) in [5.74, 6) is -0.262. The van der Waals surface area contributed by atoms with Crippen LogP contribution in [0.25, 0.3) is 0 Å². The SMILES string of the molecule is CN/C=C(\NNC)C(=O)Nc1ncc(N2CCOCC2)s1. The first-order chi connectivity index (χ1) is 10.2. The Balaban J connectivity index is 1.97. The topological polar surface area (TPSA) is 90.5 Å². The molecule has 2 heterocycles. The molecule has 0 atom stereocenters. The van der Waals surface area contributed by atoms with Gasteiger partial charge in [-0.15, -0.1) is 0 Å². The van der Waals surface area contributed by atoms with Crippen molar-refractivity contribution in [3.05, 3.63) is 18.1 Å². The van der Waals surface area contributed by atoms with Crippen molar-refractivity contribution in [2.75, 3.05) is 50.6 Å². The molecule has 0 spiro atoms. The molecule has 2 rings (SSSR count). The lowest BCUT2D eigenvalue weighted by atomic mass is 10.4. The number of carbonyl (C=O) groups excluding carboxylic acids is 1. The molecule has 1 amide bonds. The van der Waals surface area contributed by atoms with Crippen LogP contribution in [-0.4, -0.2) is 51.3 Å². The lowest BCUT2D eigenvalue weighted by Crippen LogP contribution is -2.35. The van der Waals surface area contributed by atoms with Crippen LogP contribution in [0, 0.1) is 0 Å². The summed E-state index contributed by atoms with van der Waals surface area (Å²) in [5, 5.41) is 7.19. The quantitative estimate of drug-likeness (QED) is 0.424. The summed E-state index contributed by atoms with van der Waals surface area (Å²) in [6, 6.07) is 0. The van der Waals surface area contributed by atoms with Crippen molar-refractivity contribution in [3.8, 4) is 0 Å². The Morgan fingerprint density at radius 1 is 1.43 bits per heavy atom. The Morgan fingerprint density at radius 2 is 2.19 bits per heavy atom. The van der Waals surface area contributed by atoms with Gasteiger partial charge in [0.05, 0.1) is 19.4 Å². The van der Waals surface area contributed by atoms with Gasteiger partial charge < -0.3 is 20.4 Å².